The van der Waals surface area contributed by atoms with E-state index in [9.17, 15) is 9.00 Å². The average Bonchev–Trinajstić information content (AvgIpc) is 2.63. The van der Waals surface area contributed by atoms with Crippen molar-refractivity contribution in [1.82, 2.24) is 4.90 Å². The van der Waals surface area contributed by atoms with Gasteiger partial charge in [0.05, 0.1) is 6.54 Å². The Balaban J connectivity index is 2.01. The zero-order valence-corrected chi connectivity index (χ0v) is 10.5. The molecule has 1 aliphatic heterocycles. The minimum absolute atomic E-state index is 0.0144. The molecular formula is C11H15NO4S. The van der Waals surface area contributed by atoms with E-state index in [-0.39, 0.29) is 5.76 Å². The van der Waals surface area contributed by atoms with Crippen molar-refractivity contribution in [2.75, 3.05) is 24.6 Å². The van der Waals surface area contributed by atoms with E-state index in [1.165, 1.54) is 0 Å². The summed E-state index contributed by atoms with van der Waals surface area (Å²) in [6.07, 6.45) is 0. The zero-order valence-electron chi connectivity index (χ0n) is 9.64. The number of aryl methyl sites for hydroxylation is 1. The van der Waals surface area contributed by atoms with Crippen molar-refractivity contribution >= 4 is 16.8 Å². The van der Waals surface area contributed by atoms with E-state index in [4.69, 9.17) is 9.52 Å². The molecule has 0 spiro atoms. The SMILES string of the molecule is Cc1cc(CN2CCS(=O)CC2)oc1C(=O)O. The molecule has 0 radical (unpaired) electrons. The molecular weight excluding hydrogens is 242 g/mol. The maximum Gasteiger partial charge on any atom is 0.372 e. The van der Waals surface area contributed by atoms with Gasteiger partial charge in [-0.2, -0.15) is 0 Å². The van der Waals surface area contributed by atoms with Crippen LogP contribution in [-0.2, 0) is 17.3 Å². The van der Waals surface area contributed by atoms with Gasteiger partial charge < -0.3 is 9.52 Å². The van der Waals surface area contributed by atoms with Gasteiger partial charge in [0.15, 0.2) is 0 Å². The molecule has 17 heavy (non-hydrogen) atoms. The number of carbonyl (C=O) groups is 1. The summed E-state index contributed by atoms with van der Waals surface area (Å²) < 4.78 is 16.5. The Labute approximate surface area is 102 Å². The van der Waals surface area contributed by atoms with E-state index in [1.54, 1.807) is 13.0 Å². The fourth-order valence-electron chi connectivity index (χ4n) is 1.89. The molecule has 1 aromatic rings. The van der Waals surface area contributed by atoms with Crippen molar-refractivity contribution in [3.05, 3.63) is 23.2 Å². The summed E-state index contributed by atoms with van der Waals surface area (Å²) >= 11 is 0. The van der Waals surface area contributed by atoms with E-state index >= 15 is 0 Å². The van der Waals surface area contributed by atoms with E-state index in [0.717, 1.165) is 13.1 Å². The highest BCUT2D eigenvalue weighted by molar-refractivity contribution is 7.85. The lowest BCUT2D eigenvalue weighted by Gasteiger charge is -2.24. The van der Waals surface area contributed by atoms with Crippen molar-refractivity contribution in [2.24, 2.45) is 0 Å². The third-order valence-electron chi connectivity index (χ3n) is 2.81. The number of carboxylic acid groups (broad SMARTS) is 1. The first-order valence-corrected chi connectivity index (χ1v) is 6.95. The zero-order chi connectivity index (χ0) is 12.4. The Morgan fingerprint density at radius 1 is 1.53 bits per heavy atom. The molecule has 1 saturated heterocycles. The molecule has 6 heteroatoms. The second-order valence-electron chi connectivity index (χ2n) is 4.15. The lowest BCUT2D eigenvalue weighted by molar-refractivity contribution is 0.0657. The molecule has 0 saturated carbocycles. The van der Waals surface area contributed by atoms with Crippen molar-refractivity contribution in [2.45, 2.75) is 13.5 Å². The van der Waals surface area contributed by atoms with Crippen molar-refractivity contribution in [3.8, 4) is 0 Å². The van der Waals surface area contributed by atoms with Gasteiger partial charge in [-0.25, -0.2) is 4.79 Å². The third-order valence-corrected chi connectivity index (χ3v) is 4.09. The lowest BCUT2D eigenvalue weighted by Crippen LogP contribution is -2.37. The summed E-state index contributed by atoms with van der Waals surface area (Å²) in [5.41, 5.74) is 0.646. The number of aromatic carboxylic acids is 1. The molecule has 0 unspecified atom stereocenters. The summed E-state index contributed by atoms with van der Waals surface area (Å²) in [5.74, 6) is 1.01. The van der Waals surface area contributed by atoms with Gasteiger partial charge in [0, 0.05) is 41.0 Å². The van der Waals surface area contributed by atoms with Gasteiger partial charge in [0.25, 0.3) is 0 Å². The van der Waals surface area contributed by atoms with Crippen LogP contribution in [0.2, 0.25) is 0 Å². The molecule has 0 amide bonds. The number of nitrogens with zero attached hydrogens (tertiary/aromatic N) is 1. The fraction of sp³-hybridized carbons (Fsp3) is 0.545. The summed E-state index contributed by atoms with van der Waals surface area (Å²) in [5, 5.41) is 8.87. The maximum atomic E-state index is 11.2. The van der Waals surface area contributed by atoms with E-state index in [2.05, 4.69) is 4.90 Å². The second kappa shape index (κ2) is 5.01. The van der Waals surface area contributed by atoms with Gasteiger partial charge in [-0.05, 0) is 13.0 Å². The molecule has 0 atom stereocenters. The lowest BCUT2D eigenvalue weighted by atomic mass is 10.2. The molecule has 5 nitrogen and oxygen atoms in total. The first-order valence-electron chi connectivity index (χ1n) is 5.46. The van der Waals surface area contributed by atoms with Gasteiger partial charge in [-0.15, -0.1) is 0 Å². The highest BCUT2D eigenvalue weighted by Crippen LogP contribution is 2.17. The van der Waals surface area contributed by atoms with Crippen LogP contribution in [0.15, 0.2) is 10.5 Å². The first-order chi connectivity index (χ1) is 8.06. The minimum atomic E-state index is -1.03. The predicted octanol–water partition coefficient (Wildman–Crippen LogP) is 0.851. The summed E-state index contributed by atoms with van der Waals surface area (Å²) in [7, 11) is -0.692. The highest BCUT2D eigenvalue weighted by Gasteiger charge is 2.19. The van der Waals surface area contributed by atoms with Crippen LogP contribution in [0.4, 0.5) is 0 Å². The highest BCUT2D eigenvalue weighted by atomic mass is 32.2. The smallest absolute Gasteiger partial charge is 0.372 e. The monoisotopic (exact) mass is 257 g/mol. The predicted molar refractivity (Wildman–Crippen MR) is 63.6 cm³/mol. The van der Waals surface area contributed by atoms with Crippen LogP contribution in [0.25, 0.3) is 0 Å². The van der Waals surface area contributed by atoms with Crippen LogP contribution in [-0.4, -0.2) is 44.8 Å². The van der Waals surface area contributed by atoms with Gasteiger partial charge in [0.1, 0.15) is 5.76 Å². The Morgan fingerprint density at radius 2 is 2.18 bits per heavy atom. The van der Waals surface area contributed by atoms with Crippen LogP contribution in [0.5, 0.6) is 0 Å². The molecule has 2 rings (SSSR count). The number of hydrogen-bond acceptors (Lipinski definition) is 4. The van der Waals surface area contributed by atoms with Gasteiger partial charge in [-0.3, -0.25) is 9.11 Å². The average molecular weight is 257 g/mol. The van der Waals surface area contributed by atoms with Crippen molar-refractivity contribution in [3.63, 3.8) is 0 Å². The van der Waals surface area contributed by atoms with E-state index in [0.29, 0.717) is 29.4 Å². The number of carboxylic acids is 1. The molecule has 94 valence electrons. The largest absolute Gasteiger partial charge is 0.475 e. The van der Waals surface area contributed by atoms with Gasteiger partial charge in [0.2, 0.25) is 5.76 Å². The van der Waals surface area contributed by atoms with Crippen molar-refractivity contribution < 1.29 is 18.5 Å². The summed E-state index contributed by atoms with van der Waals surface area (Å²) in [4.78, 5) is 13.0. The van der Waals surface area contributed by atoms with Crippen LogP contribution in [0.3, 0.4) is 0 Å². The molecule has 1 aliphatic rings. The normalized spacial score (nSPS) is 18.4. The maximum absolute atomic E-state index is 11.2. The topological polar surface area (TPSA) is 70.8 Å². The molecule has 1 aromatic heterocycles. The quantitative estimate of drug-likeness (QED) is 0.869. The number of rotatable bonds is 3. The van der Waals surface area contributed by atoms with E-state index in [1.807, 2.05) is 0 Å². The molecule has 0 bridgehead atoms. The number of hydrogen-bond donors (Lipinski definition) is 1. The standard InChI is InChI=1S/C11H15NO4S/c1-8-6-9(16-10(8)11(13)14)7-12-2-4-17(15)5-3-12/h6H,2-5,7H2,1H3,(H,13,14). The second-order valence-corrected chi connectivity index (χ2v) is 5.85. The molecule has 1 fully saturated rings. The Morgan fingerprint density at radius 3 is 2.71 bits per heavy atom. The molecule has 2 heterocycles. The summed E-state index contributed by atoms with van der Waals surface area (Å²) in [6, 6.07) is 1.76. The third kappa shape index (κ3) is 2.95. The van der Waals surface area contributed by atoms with Crippen LogP contribution >= 0.6 is 0 Å². The Hall–Kier alpha value is -1.14. The van der Waals surface area contributed by atoms with E-state index < -0.39 is 16.8 Å². The van der Waals surface area contributed by atoms with Gasteiger partial charge >= 0.3 is 5.97 Å². The van der Waals surface area contributed by atoms with Gasteiger partial charge in [-0.1, -0.05) is 0 Å². The Bertz CT molecular complexity index is 444. The molecule has 1 N–H and O–H groups in total. The number of furan rings is 1. The molecule has 0 aliphatic carbocycles. The minimum Gasteiger partial charge on any atom is -0.475 e. The van der Waals surface area contributed by atoms with Crippen LogP contribution in [0.1, 0.15) is 21.9 Å². The van der Waals surface area contributed by atoms with Crippen LogP contribution in [0, 0.1) is 6.92 Å². The molecule has 0 aromatic carbocycles. The van der Waals surface area contributed by atoms with Crippen LogP contribution < -0.4 is 0 Å². The first kappa shape index (κ1) is 12.3. The summed E-state index contributed by atoms with van der Waals surface area (Å²) in [6.45, 7) is 3.86. The van der Waals surface area contributed by atoms with Crippen molar-refractivity contribution in [1.29, 1.82) is 0 Å². The Kier molecular flexibility index (Phi) is 3.63. The fourth-order valence-corrected chi connectivity index (χ4v) is 3.02.